The molecule has 1 aromatic carbocycles. The molecule has 2 N–H and O–H groups in total. The third-order valence-corrected chi connectivity index (χ3v) is 6.41. The lowest BCUT2D eigenvalue weighted by molar-refractivity contribution is -0.147. The summed E-state index contributed by atoms with van der Waals surface area (Å²) in [6.07, 6.45) is 0.664. The minimum absolute atomic E-state index is 0.333. The summed E-state index contributed by atoms with van der Waals surface area (Å²) in [5.41, 5.74) is 2.86. The first kappa shape index (κ1) is 20.2. The Balaban J connectivity index is 1.55. The van der Waals surface area contributed by atoms with Crippen LogP contribution in [0.4, 0.5) is 5.69 Å². The van der Waals surface area contributed by atoms with Crippen LogP contribution in [0.15, 0.2) is 18.2 Å². The van der Waals surface area contributed by atoms with Gasteiger partial charge in [-0.25, -0.2) is 0 Å². The molecule has 9 heteroatoms. The average molecular weight is 438 g/mol. The van der Waals surface area contributed by atoms with Gasteiger partial charge in [0.1, 0.15) is 0 Å². The van der Waals surface area contributed by atoms with Crippen molar-refractivity contribution in [3.63, 3.8) is 0 Å². The van der Waals surface area contributed by atoms with E-state index in [2.05, 4.69) is 10.4 Å². The second kappa shape index (κ2) is 7.63. The van der Waals surface area contributed by atoms with E-state index in [1.165, 1.54) is 0 Å². The Morgan fingerprint density at radius 2 is 1.93 bits per heavy atom. The highest BCUT2D eigenvalue weighted by Gasteiger charge is 2.55. The highest BCUT2D eigenvalue weighted by atomic mass is 35.5. The number of ether oxygens (including phenoxy) is 1. The van der Waals surface area contributed by atoms with E-state index in [1.54, 1.807) is 23.7 Å². The molecular weight excluding hydrogens is 417 g/mol. The number of amides is 1. The first-order chi connectivity index (χ1) is 13.8. The summed E-state index contributed by atoms with van der Waals surface area (Å²) < 4.78 is 7.45. The quantitative estimate of drug-likeness (QED) is 0.743. The van der Waals surface area contributed by atoms with Gasteiger partial charge in [-0.05, 0) is 44.4 Å². The van der Waals surface area contributed by atoms with Crippen molar-refractivity contribution in [2.75, 3.05) is 5.32 Å². The van der Waals surface area contributed by atoms with Crippen LogP contribution in [0, 0.1) is 25.7 Å². The van der Waals surface area contributed by atoms with Gasteiger partial charge >= 0.3 is 5.97 Å². The number of halogens is 2. The predicted molar refractivity (Wildman–Crippen MR) is 108 cm³/mol. The standard InChI is InChI=1S/C20H21Cl2N3O4/c1-9-18(10(2)25(24-9)8-11-3-4-12(21)7-13(11)22)23-19(26)16-14-5-6-15(29-14)17(16)20(27)28/h3-4,7,14-17H,5-6,8H2,1-2H3,(H,23,26)(H,27,28)/t14-,15-,16-,17-/m1/s1. The van der Waals surface area contributed by atoms with E-state index in [-0.39, 0.29) is 18.1 Å². The fraction of sp³-hybridized carbons (Fsp3) is 0.450. The minimum Gasteiger partial charge on any atom is -0.481 e. The van der Waals surface area contributed by atoms with Crippen LogP contribution in [0.5, 0.6) is 0 Å². The van der Waals surface area contributed by atoms with E-state index in [0.29, 0.717) is 40.8 Å². The molecule has 4 rings (SSSR count). The van der Waals surface area contributed by atoms with Gasteiger partial charge in [-0.2, -0.15) is 5.10 Å². The van der Waals surface area contributed by atoms with Crippen LogP contribution in [-0.4, -0.2) is 39.0 Å². The number of benzene rings is 1. The molecule has 3 heterocycles. The van der Waals surface area contributed by atoms with Gasteiger partial charge in [-0.1, -0.05) is 29.3 Å². The van der Waals surface area contributed by atoms with E-state index < -0.39 is 17.8 Å². The molecule has 7 nitrogen and oxygen atoms in total. The van der Waals surface area contributed by atoms with Crippen LogP contribution in [0.3, 0.4) is 0 Å². The van der Waals surface area contributed by atoms with E-state index >= 15 is 0 Å². The zero-order valence-electron chi connectivity index (χ0n) is 16.0. The number of hydrogen-bond acceptors (Lipinski definition) is 4. The number of rotatable bonds is 5. The van der Waals surface area contributed by atoms with Gasteiger partial charge in [0.25, 0.3) is 0 Å². The molecule has 1 amide bonds. The normalized spacial score (nSPS) is 25.4. The fourth-order valence-electron chi connectivity index (χ4n) is 4.37. The molecule has 2 bridgehead atoms. The number of carboxylic acid groups (broad SMARTS) is 1. The van der Waals surface area contributed by atoms with Crippen LogP contribution in [0.25, 0.3) is 0 Å². The highest BCUT2D eigenvalue weighted by molar-refractivity contribution is 6.35. The number of carboxylic acids is 1. The topological polar surface area (TPSA) is 93.5 Å². The van der Waals surface area contributed by atoms with Crippen LogP contribution in [0.2, 0.25) is 10.0 Å². The lowest BCUT2D eigenvalue weighted by atomic mass is 9.78. The molecule has 2 fully saturated rings. The molecule has 2 saturated heterocycles. The van der Waals surface area contributed by atoms with Crippen molar-refractivity contribution in [2.45, 2.75) is 45.4 Å². The monoisotopic (exact) mass is 437 g/mol. The third kappa shape index (κ3) is 3.63. The molecule has 2 aliphatic rings. The summed E-state index contributed by atoms with van der Waals surface area (Å²) in [5, 5.41) is 18.1. The van der Waals surface area contributed by atoms with Crippen LogP contribution >= 0.6 is 23.2 Å². The smallest absolute Gasteiger partial charge is 0.310 e. The van der Waals surface area contributed by atoms with Crippen molar-refractivity contribution in [3.8, 4) is 0 Å². The summed E-state index contributed by atoms with van der Waals surface area (Å²) >= 11 is 12.2. The number of nitrogens with zero attached hydrogens (tertiary/aromatic N) is 2. The van der Waals surface area contributed by atoms with Gasteiger partial charge in [-0.3, -0.25) is 14.3 Å². The van der Waals surface area contributed by atoms with Gasteiger partial charge in [-0.15, -0.1) is 0 Å². The van der Waals surface area contributed by atoms with Crippen molar-refractivity contribution in [3.05, 3.63) is 45.2 Å². The molecule has 0 saturated carbocycles. The Morgan fingerprint density at radius 3 is 2.59 bits per heavy atom. The fourth-order valence-corrected chi connectivity index (χ4v) is 4.84. The number of nitrogens with one attached hydrogen (secondary N) is 1. The average Bonchev–Trinajstić information content (AvgIpc) is 3.34. The number of fused-ring (bicyclic) bond motifs is 2. The van der Waals surface area contributed by atoms with Crippen LogP contribution in [-0.2, 0) is 20.9 Å². The maximum atomic E-state index is 13.0. The molecule has 0 unspecified atom stereocenters. The maximum Gasteiger partial charge on any atom is 0.310 e. The number of aromatic nitrogens is 2. The molecule has 2 aromatic rings. The lowest BCUT2D eigenvalue weighted by Gasteiger charge is -2.23. The summed E-state index contributed by atoms with van der Waals surface area (Å²) in [4.78, 5) is 24.6. The van der Waals surface area contributed by atoms with E-state index in [0.717, 1.165) is 11.3 Å². The van der Waals surface area contributed by atoms with Gasteiger partial charge in [0.15, 0.2) is 0 Å². The SMILES string of the molecule is Cc1nn(Cc2ccc(Cl)cc2Cl)c(C)c1NC(=O)[C@H]1[C@H](C(=O)O)[C@H]2CC[C@H]1O2. The molecule has 154 valence electrons. The second-order valence-corrected chi connectivity index (χ2v) is 8.45. The Labute approximate surface area is 177 Å². The summed E-state index contributed by atoms with van der Waals surface area (Å²) in [6, 6.07) is 5.27. The zero-order chi connectivity index (χ0) is 20.9. The summed E-state index contributed by atoms with van der Waals surface area (Å²) in [6.45, 7) is 4.08. The molecular formula is C20H21Cl2N3O4. The van der Waals surface area contributed by atoms with Gasteiger partial charge < -0.3 is 15.2 Å². The molecule has 4 atom stereocenters. The van der Waals surface area contributed by atoms with Gasteiger partial charge in [0.2, 0.25) is 5.91 Å². The highest BCUT2D eigenvalue weighted by Crippen LogP contribution is 2.44. The second-order valence-electron chi connectivity index (χ2n) is 7.61. The first-order valence-corrected chi connectivity index (χ1v) is 10.2. The number of carbonyl (C=O) groups is 2. The zero-order valence-corrected chi connectivity index (χ0v) is 17.5. The Bertz CT molecular complexity index is 990. The number of hydrogen-bond donors (Lipinski definition) is 2. The minimum atomic E-state index is -0.987. The number of anilines is 1. The largest absolute Gasteiger partial charge is 0.481 e. The maximum absolute atomic E-state index is 13.0. The number of aliphatic carboxylic acids is 1. The Morgan fingerprint density at radius 1 is 1.24 bits per heavy atom. The molecule has 0 aliphatic carbocycles. The summed E-state index contributed by atoms with van der Waals surface area (Å²) in [5.74, 6) is -2.82. The van der Waals surface area contributed by atoms with Crippen molar-refractivity contribution in [2.24, 2.45) is 11.8 Å². The first-order valence-electron chi connectivity index (χ1n) is 9.43. The third-order valence-electron chi connectivity index (χ3n) is 5.83. The van der Waals surface area contributed by atoms with Crippen molar-refractivity contribution in [1.82, 2.24) is 9.78 Å². The van der Waals surface area contributed by atoms with Crippen molar-refractivity contribution in [1.29, 1.82) is 0 Å². The Kier molecular flexibility index (Phi) is 5.31. The van der Waals surface area contributed by atoms with E-state index in [4.69, 9.17) is 27.9 Å². The van der Waals surface area contributed by atoms with Crippen LogP contribution in [0.1, 0.15) is 29.8 Å². The van der Waals surface area contributed by atoms with Gasteiger partial charge in [0.05, 0.1) is 47.7 Å². The van der Waals surface area contributed by atoms with Crippen molar-refractivity contribution >= 4 is 40.8 Å². The number of carbonyl (C=O) groups excluding carboxylic acids is 1. The lowest BCUT2D eigenvalue weighted by Crippen LogP contribution is -2.41. The van der Waals surface area contributed by atoms with Crippen LogP contribution < -0.4 is 5.32 Å². The van der Waals surface area contributed by atoms with E-state index in [1.807, 2.05) is 13.0 Å². The molecule has 29 heavy (non-hydrogen) atoms. The molecule has 1 aromatic heterocycles. The Hall–Kier alpha value is -2.09. The van der Waals surface area contributed by atoms with Gasteiger partial charge in [0, 0.05) is 10.0 Å². The predicted octanol–water partition coefficient (Wildman–Crippen LogP) is 3.67. The van der Waals surface area contributed by atoms with E-state index in [9.17, 15) is 14.7 Å². The number of aryl methyl sites for hydroxylation is 1. The summed E-state index contributed by atoms with van der Waals surface area (Å²) in [7, 11) is 0. The molecule has 0 spiro atoms. The molecule has 0 radical (unpaired) electrons. The molecule has 2 aliphatic heterocycles. The van der Waals surface area contributed by atoms with Crippen molar-refractivity contribution < 1.29 is 19.4 Å².